The normalized spacial score (nSPS) is 13.9. The number of halogens is 3. The summed E-state index contributed by atoms with van der Waals surface area (Å²) >= 11 is 1.30. The van der Waals surface area contributed by atoms with Crippen molar-refractivity contribution in [2.24, 2.45) is 5.92 Å². The lowest BCUT2D eigenvalue weighted by Gasteiger charge is -2.09. The molecule has 1 saturated carbocycles. The molecule has 1 aliphatic carbocycles. The molecule has 2 N–H and O–H groups in total. The molecule has 1 aliphatic rings. The van der Waals surface area contributed by atoms with Gasteiger partial charge < -0.3 is 0 Å². The molecule has 29 heavy (non-hydrogen) atoms. The Bertz CT molecular complexity index is 1060. The fraction of sp³-hybridized carbons (Fsp3) is 0.222. The lowest BCUT2D eigenvalue weighted by atomic mass is 10.2. The number of rotatable bonds is 4. The maximum Gasteiger partial charge on any atom is 0.416 e. The molecule has 11 heteroatoms. The van der Waals surface area contributed by atoms with Gasteiger partial charge in [0.25, 0.3) is 0 Å². The molecule has 0 bridgehead atoms. The van der Waals surface area contributed by atoms with Gasteiger partial charge in [-0.25, -0.2) is 9.67 Å². The highest BCUT2D eigenvalue weighted by Crippen LogP contribution is 2.32. The Morgan fingerprint density at radius 2 is 1.93 bits per heavy atom. The third-order valence-electron chi connectivity index (χ3n) is 4.22. The van der Waals surface area contributed by atoms with Crippen LogP contribution in [-0.4, -0.2) is 26.6 Å². The topological polar surface area (TPSA) is 88.9 Å². The monoisotopic (exact) mass is 421 g/mol. The molecule has 1 fully saturated rings. The van der Waals surface area contributed by atoms with Gasteiger partial charge in [0.05, 0.1) is 16.1 Å². The largest absolute Gasteiger partial charge is 0.416 e. The zero-order valence-electron chi connectivity index (χ0n) is 14.7. The van der Waals surface area contributed by atoms with Crippen LogP contribution in [0.2, 0.25) is 0 Å². The van der Waals surface area contributed by atoms with Crippen molar-refractivity contribution < 1.29 is 22.8 Å². The summed E-state index contributed by atoms with van der Waals surface area (Å²) < 4.78 is 40.4. The van der Waals surface area contributed by atoms with E-state index in [4.69, 9.17) is 0 Å². The van der Waals surface area contributed by atoms with E-state index < -0.39 is 17.6 Å². The first kappa shape index (κ1) is 19.1. The average Bonchev–Trinajstić information content (AvgIpc) is 3.22. The number of amides is 2. The van der Waals surface area contributed by atoms with Crippen molar-refractivity contribution in [3.63, 3.8) is 0 Å². The zero-order chi connectivity index (χ0) is 20.6. The predicted octanol–water partition coefficient (Wildman–Crippen LogP) is 3.19. The summed E-state index contributed by atoms with van der Waals surface area (Å²) in [5.74, 6) is -1.22. The number of alkyl halides is 3. The highest BCUT2D eigenvalue weighted by Gasteiger charge is 2.32. The molecule has 2 amide bonds. The summed E-state index contributed by atoms with van der Waals surface area (Å²) in [6, 6.07) is 8.05. The number of hydrogen-bond acceptors (Lipinski definition) is 5. The van der Waals surface area contributed by atoms with E-state index in [1.165, 1.54) is 28.2 Å². The van der Waals surface area contributed by atoms with Gasteiger partial charge in [-0.1, -0.05) is 12.1 Å². The van der Waals surface area contributed by atoms with Gasteiger partial charge in [0.1, 0.15) is 0 Å². The first-order valence-electron chi connectivity index (χ1n) is 8.61. The summed E-state index contributed by atoms with van der Waals surface area (Å²) in [6.07, 6.45) is -2.98. The second-order valence-corrected chi connectivity index (χ2v) is 7.36. The van der Waals surface area contributed by atoms with Crippen LogP contribution in [0.5, 0.6) is 0 Å². The summed E-state index contributed by atoms with van der Waals surface area (Å²) in [7, 11) is 0. The number of carbonyl (C=O) groups excluding carboxylic acids is 2. The molecule has 2 aromatic heterocycles. The minimum absolute atomic E-state index is 0.104. The van der Waals surface area contributed by atoms with E-state index in [-0.39, 0.29) is 29.2 Å². The molecule has 0 unspecified atom stereocenters. The van der Waals surface area contributed by atoms with E-state index in [0.29, 0.717) is 4.88 Å². The lowest BCUT2D eigenvalue weighted by Crippen LogP contribution is -2.42. The maximum atomic E-state index is 13.1. The van der Waals surface area contributed by atoms with Crippen molar-refractivity contribution in [3.8, 4) is 16.4 Å². The molecule has 1 aromatic carbocycles. The number of hydrazine groups is 1. The molecule has 4 rings (SSSR count). The van der Waals surface area contributed by atoms with Crippen LogP contribution in [0.15, 0.2) is 41.8 Å². The number of thiophene rings is 1. The van der Waals surface area contributed by atoms with Crippen LogP contribution < -0.4 is 10.9 Å². The van der Waals surface area contributed by atoms with E-state index in [2.05, 4.69) is 20.9 Å². The highest BCUT2D eigenvalue weighted by atomic mass is 32.1. The molecule has 3 aromatic rings. The van der Waals surface area contributed by atoms with Crippen molar-refractivity contribution in [2.75, 3.05) is 0 Å². The molecule has 0 atom stereocenters. The standard InChI is InChI=1S/C18H14F3N5O2S/c19-18(20,21)11-3-1-4-12(9-11)26-15(13-5-2-8-29-13)22-14(25-26)17(28)24-23-16(27)10-6-7-10/h1-5,8-10H,6-7H2,(H,23,27)(H,24,28). The fourth-order valence-electron chi connectivity index (χ4n) is 2.59. The van der Waals surface area contributed by atoms with Gasteiger partial charge in [-0.15, -0.1) is 16.4 Å². The Hall–Kier alpha value is -3.21. The summed E-state index contributed by atoms with van der Waals surface area (Å²) in [5.41, 5.74) is 3.81. The van der Waals surface area contributed by atoms with Crippen molar-refractivity contribution in [1.82, 2.24) is 25.6 Å². The first-order valence-corrected chi connectivity index (χ1v) is 9.49. The minimum Gasteiger partial charge on any atom is -0.273 e. The first-order chi connectivity index (χ1) is 13.8. The SMILES string of the molecule is O=C(NNC(=O)C1CC1)c1nc(-c2cccs2)n(-c2cccc(C(F)(F)F)c2)n1. The summed E-state index contributed by atoms with van der Waals surface area (Å²) in [5, 5.41) is 5.85. The van der Waals surface area contributed by atoms with E-state index in [0.717, 1.165) is 25.0 Å². The second-order valence-electron chi connectivity index (χ2n) is 6.41. The fourth-order valence-corrected chi connectivity index (χ4v) is 3.29. The molecule has 0 radical (unpaired) electrons. The van der Waals surface area contributed by atoms with Gasteiger partial charge in [0, 0.05) is 5.92 Å². The van der Waals surface area contributed by atoms with Gasteiger partial charge >= 0.3 is 12.1 Å². The Morgan fingerprint density at radius 1 is 1.14 bits per heavy atom. The maximum absolute atomic E-state index is 13.1. The Kier molecular flexibility index (Phi) is 4.82. The van der Waals surface area contributed by atoms with E-state index in [1.54, 1.807) is 17.5 Å². The quantitative estimate of drug-likeness (QED) is 0.634. The molecular weight excluding hydrogens is 407 g/mol. The van der Waals surface area contributed by atoms with Crippen LogP contribution >= 0.6 is 11.3 Å². The average molecular weight is 421 g/mol. The predicted molar refractivity (Wildman–Crippen MR) is 98.0 cm³/mol. The van der Waals surface area contributed by atoms with Crippen LogP contribution in [-0.2, 0) is 11.0 Å². The van der Waals surface area contributed by atoms with E-state index >= 15 is 0 Å². The van der Waals surface area contributed by atoms with Crippen LogP contribution in [0, 0.1) is 5.92 Å². The summed E-state index contributed by atoms with van der Waals surface area (Å²) in [6.45, 7) is 0. The van der Waals surface area contributed by atoms with Crippen molar-refractivity contribution >= 4 is 23.2 Å². The Balaban J connectivity index is 1.67. The van der Waals surface area contributed by atoms with Gasteiger partial charge in [0.2, 0.25) is 11.7 Å². The Labute approximate surface area is 166 Å². The van der Waals surface area contributed by atoms with Crippen molar-refractivity contribution in [1.29, 1.82) is 0 Å². The van der Waals surface area contributed by atoms with E-state index in [1.807, 2.05) is 0 Å². The van der Waals surface area contributed by atoms with Crippen LogP contribution in [0.3, 0.4) is 0 Å². The molecule has 0 aliphatic heterocycles. The molecule has 150 valence electrons. The van der Waals surface area contributed by atoms with Crippen molar-refractivity contribution in [3.05, 3.63) is 53.2 Å². The highest BCUT2D eigenvalue weighted by molar-refractivity contribution is 7.13. The number of nitrogens with zero attached hydrogens (tertiary/aromatic N) is 3. The molecule has 0 saturated heterocycles. The number of aromatic nitrogens is 3. The number of carbonyl (C=O) groups is 2. The van der Waals surface area contributed by atoms with E-state index in [9.17, 15) is 22.8 Å². The minimum atomic E-state index is -4.52. The van der Waals surface area contributed by atoms with Gasteiger partial charge in [-0.2, -0.15) is 13.2 Å². The van der Waals surface area contributed by atoms with Gasteiger partial charge in [-0.3, -0.25) is 20.4 Å². The zero-order valence-corrected chi connectivity index (χ0v) is 15.5. The van der Waals surface area contributed by atoms with Crippen molar-refractivity contribution in [2.45, 2.75) is 19.0 Å². The molecule has 2 heterocycles. The van der Waals surface area contributed by atoms with Crippen LogP contribution in [0.4, 0.5) is 13.2 Å². The molecule has 0 spiro atoms. The third-order valence-corrected chi connectivity index (χ3v) is 5.08. The molecular formula is C18H14F3N5O2S. The smallest absolute Gasteiger partial charge is 0.273 e. The third kappa shape index (κ3) is 4.14. The van der Waals surface area contributed by atoms with Crippen LogP contribution in [0.1, 0.15) is 29.0 Å². The van der Waals surface area contributed by atoms with Gasteiger partial charge in [0.15, 0.2) is 5.82 Å². The number of benzene rings is 1. The second kappa shape index (κ2) is 7.32. The van der Waals surface area contributed by atoms with Gasteiger partial charge in [-0.05, 0) is 42.5 Å². The Morgan fingerprint density at radius 3 is 2.59 bits per heavy atom. The summed E-state index contributed by atoms with van der Waals surface area (Å²) in [4.78, 5) is 28.8. The lowest BCUT2D eigenvalue weighted by molar-refractivity contribution is -0.137. The molecule has 7 nitrogen and oxygen atoms in total. The van der Waals surface area contributed by atoms with Crippen LogP contribution in [0.25, 0.3) is 16.4 Å². The number of nitrogens with one attached hydrogen (secondary N) is 2. The number of hydrogen-bond donors (Lipinski definition) is 2.